The molecule has 2 aliphatic carbocycles. The molecule has 4 aromatic heterocycles. The first-order valence-electron chi connectivity index (χ1n) is 17.9. The highest BCUT2D eigenvalue weighted by Gasteiger charge is 2.40. The van der Waals surface area contributed by atoms with E-state index in [0.29, 0.717) is 63.0 Å². The lowest BCUT2D eigenvalue weighted by molar-refractivity contribution is -0.143. The monoisotopic (exact) mass is 734 g/mol. The van der Waals surface area contributed by atoms with Crippen molar-refractivity contribution in [3.05, 3.63) is 59.2 Å². The van der Waals surface area contributed by atoms with E-state index in [0.717, 1.165) is 31.7 Å². The second-order valence-corrected chi connectivity index (χ2v) is 14.5. The minimum Gasteiger partial charge on any atom is -0.480 e. The van der Waals surface area contributed by atoms with Gasteiger partial charge in [-0.2, -0.15) is 18.2 Å². The van der Waals surface area contributed by atoms with Crippen LogP contribution in [0.2, 0.25) is 0 Å². The van der Waals surface area contributed by atoms with Gasteiger partial charge in [0, 0.05) is 56.5 Å². The molecule has 1 unspecified atom stereocenters. The van der Waals surface area contributed by atoms with Gasteiger partial charge >= 0.3 is 12.1 Å². The number of halogens is 3. The van der Waals surface area contributed by atoms with E-state index in [9.17, 15) is 32.7 Å². The molecule has 53 heavy (non-hydrogen) atoms. The fourth-order valence-corrected chi connectivity index (χ4v) is 7.80. The number of amides is 2. The number of nitrogens with one attached hydrogen (secondary N) is 2. The molecule has 1 aliphatic heterocycles. The van der Waals surface area contributed by atoms with Gasteiger partial charge in [-0.25, -0.2) is 9.78 Å². The van der Waals surface area contributed by atoms with Crippen molar-refractivity contribution in [2.24, 2.45) is 5.41 Å². The van der Waals surface area contributed by atoms with Gasteiger partial charge in [-0.3, -0.25) is 24.9 Å². The van der Waals surface area contributed by atoms with Gasteiger partial charge in [-0.15, -0.1) is 0 Å². The summed E-state index contributed by atoms with van der Waals surface area (Å²) in [7, 11) is 3.57. The number of methoxy groups -OCH3 is 1. The zero-order valence-electron chi connectivity index (χ0n) is 29.5. The molecule has 13 nitrogen and oxygen atoms in total. The minimum absolute atomic E-state index is 0.0225. The van der Waals surface area contributed by atoms with Crippen LogP contribution >= 0.6 is 0 Å². The molecule has 280 valence electrons. The molecule has 0 spiro atoms. The van der Waals surface area contributed by atoms with Crippen molar-refractivity contribution in [3.63, 3.8) is 0 Å². The normalized spacial score (nSPS) is 18.7. The van der Waals surface area contributed by atoms with Crippen LogP contribution in [0.15, 0.2) is 36.7 Å². The minimum atomic E-state index is -4.59. The summed E-state index contributed by atoms with van der Waals surface area (Å²) in [4.78, 5) is 62.2. The Bertz CT molecular complexity index is 2030. The van der Waals surface area contributed by atoms with Crippen molar-refractivity contribution in [1.82, 2.24) is 29.8 Å². The van der Waals surface area contributed by atoms with Crippen LogP contribution < -0.4 is 10.2 Å². The number of ether oxygens (including phenoxy) is 1. The van der Waals surface area contributed by atoms with E-state index in [4.69, 9.17) is 4.74 Å². The summed E-state index contributed by atoms with van der Waals surface area (Å²) in [5.74, 6) is -2.35. The zero-order chi connectivity index (χ0) is 37.5. The van der Waals surface area contributed by atoms with Crippen LogP contribution in [0.4, 0.5) is 24.8 Å². The van der Waals surface area contributed by atoms with Gasteiger partial charge < -0.3 is 24.6 Å². The highest BCUT2D eigenvalue weighted by atomic mass is 19.4. The van der Waals surface area contributed by atoms with Gasteiger partial charge in [-0.1, -0.05) is 12.8 Å². The molecule has 3 N–H and O–H groups in total. The van der Waals surface area contributed by atoms with E-state index in [-0.39, 0.29) is 51.1 Å². The number of hydrogen-bond donors (Lipinski definition) is 3. The number of carboxylic acid groups (broad SMARTS) is 1. The summed E-state index contributed by atoms with van der Waals surface area (Å²) in [5.41, 5.74) is 1.01. The summed E-state index contributed by atoms with van der Waals surface area (Å²) >= 11 is 0. The first-order valence-corrected chi connectivity index (χ1v) is 17.9. The molecule has 3 aliphatic rings. The largest absolute Gasteiger partial charge is 0.480 e. The van der Waals surface area contributed by atoms with Crippen molar-refractivity contribution >= 4 is 40.6 Å². The molecule has 5 heterocycles. The number of anilines is 2. The lowest BCUT2D eigenvalue weighted by Crippen LogP contribution is -2.48. The number of carbonyl (C=O) groups excluding carboxylic acids is 2. The standard InChI is InChI=1S/C37H41F3N8O5/c1-47(19-36(20-53-2)12-4-5-13-36)28-16-26(23-15-24(37(38,39)40)29(42-18-23)21-8-9-21)43-31-30(28)44-35(45-31)46-32(49)25-11-10-22(17-41-25)33(50)48-14-6-3-7-27(48)34(51)52/h10-11,15-18,21,27H,3-9,12-14,19-20H2,1-2H3,(H,51,52)(H2,43,44,45,46,49). The number of alkyl halides is 3. The molecule has 1 saturated heterocycles. The third kappa shape index (κ3) is 7.54. The number of imidazole rings is 1. The Kier molecular flexibility index (Phi) is 9.83. The Morgan fingerprint density at radius 3 is 2.49 bits per heavy atom. The number of aliphatic carboxylic acids is 1. The SMILES string of the molecule is COCC1(CN(C)c2cc(-c3cnc(C4CC4)c(C(F)(F)F)c3)nc3nc(NC(=O)c4ccc(C(=O)N5CCCCC5C(=O)O)cn4)[nH]c23)CCCC1. The highest BCUT2D eigenvalue weighted by Crippen LogP contribution is 2.46. The third-order valence-corrected chi connectivity index (χ3v) is 10.5. The number of aromatic nitrogens is 5. The topological polar surface area (TPSA) is 167 Å². The number of fused-ring (bicyclic) bond motifs is 1. The van der Waals surface area contributed by atoms with Crippen LogP contribution in [0.1, 0.15) is 95.8 Å². The Morgan fingerprint density at radius 1 is 1.06 bits per heavy atom. The van der Waals surface area contributed by atoms with Crippen molar-refractivity contribution < 1.29 is 37.4 Å². The van der Waals surface area contributed by atoms with Gasteiger partial charge in [0.15, 0.2) is 5.65 Å². The van der Waals surface area contributed by atoms with E-state index < -0.39 is 35.6 Å². The predicted molar refractivity (Wildman–Crippen MR) is 189 cm³/mol. The molecule has 7 rings (SSSR count). The number of piperidine rings is 1. The Morgan fingerprint density at radius 2 is 1.83 bits per heavy atom. The fourth-order valence-electron chi connectivity index (χ4n) is 7.80. The van der Waals surface area contributed by atoms with E-state index in [1.165, 1.54) is 29.4 Å². The summed E-state index contributed by atoms with van der Waals surface area (Å²) in [5, 5.41) is 12.3. The maximum Gasteiger partial charge on any atom is 0.418 e. The Labute approximate surface area is 303 Å². The molecule has 1 atom stereocenters. The predicted octanol–water partition coefficient (Wildman–Crippen LogP) is 6.29. The van der Waals surface area contributed by atoms with Crippen molar-refractivity contribution in [2.75, 3.05) is 44.1 Å². The number of hydrogen-bond acceptors (Lipinski definition) is 9. The summed E-state index contributed by atoms with van der Waals surface area (Å²) in [6, 6.07) is 4.69. The van der Waals surface area contributed by atoms with Gasteiger partial charge in [0.1, 0.15) is 17.3 Å². The van der Waals surface area contributed by atoms with Crippen LogP contribution in [0.25, 0.3) is 22.4 Å². The smallest absolute Gasteiger partial charge is 0.418 e. The average molecular weight is 735 g/mol. The van der Waals surface area contributed by atoms with E-state index in [1.807, 2.05) is 11.9 Å². The zero-order valence-corrected chi connectivity index (χ0v) is 29.5. The quantitative estimate of drug-likeness (QED) is 0.160. The van der Waals surface area contributed by atoms with Gasteiger partial charge in [-0.05, 0) is 69.2 Å². The van der Waals surface area contributed by atoms with Crippen LogP contribution in [0, 0.1) is 5.41 Å². The van der Waals surface area contributed by atoms with Gasteiger partial charge in [0.25, 0.3) is 11.8 Å². The van der Waals surface area contributed by atoms with Crippen LogP contribution in [0.5, 0.6) is 0 Å². The number of carboxylic acids is 1. The molecule has 3 fully saturated rings. The number of aromatic amines is 1. The second-order valence-electron chi connectivity index (χ2n) is 14.5. The van der Waals surface area contributed by atoms with Crippen LogP contribution in [0.3, 0.4) is 0 Å². The summed E-state index contributed by atoms with van der Waals surface area (Å²) in [6.07, 6.45) is 5.26. The highest BCUT2D eigenvalue weighted by molar-refractivity contribution is 6.04. The van der Waals surface area contributed by atoms with Gasteiger partial charge in [0.2, 0.25) is 5.95 Å². The van der Waals surface area contributed by atoms with Gasteiger partial charge in [0.05, 0.1) is 34.8 Å². The maximum absolute atomic E-state index is 14.2. The molecule has 2 saturated carbocycles. The number of nitrogens with zero attached hydrogens (tertiary/aromatic N) is 6. The summed E-state index contributed by atoms with van der Waals surface area (Å²) < 4.78 is 48.2. The Balaban J connectivity index is 1.19. The molecular weight excluding hydrogens is 693 g/mol. The number of likely N-dealkylation sites (tertiary alicyclic amines) is 1. The van der Waals surface area contributed by atoms with E-state index in [2.05, 4.69) is 30.2 Å². The van der Waals surface area contributed by atoms with Crippen LogP contribution in [-0.4, -0.2) is 92.6 Å². The lowest BCUT2D eigenvalue weighted by Gasteiger charge is -2.34. The van der Waals surface area contributed by atoms with E-state index in [1.54, 1.807) is 13.2 Å². The molecule has 4 aromatic rings. The average Bonchev–Trinajstić information content (AvgIpc) is 3.76. The molecule has 0 aromatic carbocycles. The second kappa shape index (κ2) is 14.4. The van der Waals surface area contributed by atoms with Crippen molar-refractivity contribution in [3.8, 4) is 11.3 Å². The molecular formula is C37H41F3N8O5. The van der Waals surface area contributed by atoms with Crippen molar-refractivity contribution in [2.45, 2.75) is 75.9 Å². The molecule has 2 amide bonds. The van der Waals surface area contributed by atoms with Crippen molar-refractivity contribution in [1.29, 1.82) is 0 Å². The van der Waals surface area contributed by atoms with Crippen LogP contribution in [-0.2, 0) is 15.7 Å². The Hall–Kier alpha value is -5.12. The molecule has 0 bridgehead atoms. The first kappa shape index (κ1) is 36.2. The first-order chi connectivity index (χ1) is 25.4. The molecule has 0 radical (unpaired) electrons. The number of rotatable bonds is 11. The molecule has 16 heteroatoms. The number of H-pyrrole nitrogens is 1. The summed E-state index contributed by atoms with van der Waals surface area (Å²) in [6.45, 7) is 1.47. The number of pyridine rings is 3. The third-order valence-electron chi connectivity index (χ3n) is 10.5. The number of carbonyl (C=O) groups is 3. The van der Waals surface area contributed by atoms with E-state index >= 15 is 0 Å². The lowest BCUT2D eigenvalue weighted by atomic mass is 9.86. The fraction of sp³-hybridized carbons (Fsp3) is 0.486. The maximum atomic E-state index is 14.2.